The van der Waals surface area contributed by atoms with Crippen molar-refractivity contribution in [3.05, 3.63) is 41.1 Å². The lowest BCUT2D eigenvalue weighted by molar-refractivity contribution is 0.0767. The monoisotopic (exact) mass is 390 g/mol. The number of hydrogen-bond acceptors (Lipinski definition) is 5. The standard InChI is InChI=1S/C20H30N4O2S/c1-4-24-18-9-8-15(21-10-6-12-27-3)13-17(18)19(22-24)20(25)23(2)14-16-7-5-11-26-16/h5,7,11,15,21H,4,6,8-10,12-14H2,1-3H3. The van der Waals surface area contributed by atoms with Crippen molar-refractivity contribution >= 4 is 17.7 Å². The number of aryl methyl sites for hydroxylation is 1. The van der Waals surface area contributed by atoms with Crippen molar-refractivity contribution < 1.29 is 9.21 Å². The average molecular weight is 391 g/mol. The highest BCUT2D eigenvalue weighted by atomic mass is 32.2. The predicted octanol–water partition coefficient (Wildman–Crippen LogP) is 2.97. The van der Waals surface area contributed by atoms with Gasteiger partial charge in [-0.25, -0.2) is 0 Å². The third-order valence-corrected chi connectivity index (χ3v) is 5.82. The maximum Gasteiger partial charge on any atom is 0.274 e. The van der Waals surface area contributed by atoms with E-state index in [0.717, 1.165) is 43.7 Å². The van der Waals surface area contributed by atoms with Gasteiger partial charge in [0.05, 0.1) is 12.8 Å². The van der Waals surface area contributed by atoms with Gasteiger partial charge in [0.15, 0.2) is 5.69 Å². The van der Waals surface area contributed by atoms with Crippen molar-refractivity contribution in [2.24, 2.45) is 0 Å². The molecule has 1 atom stereocenters. The molecule has 3 rings (SSSR count). The Hall–Kier alpha value is -1.73. The first-order valence-corrected chi connectivity index (χ1v) is 11.1. The molecule has 1 amide bonds. The van der Waals surface area contributed by atoms with E-state index in [2.05, 4.69) is 23.6 Å². The Balaban J connectivity index is 1.72. The summed E-state index contributed by atoms with van der Waals surface area (Å²) in [6.45, 7) is 4.37. The van der Waals surface area contributed by atoms with Crippen LogP contribution in [0.3, 0.4) is 0 Å². The number of furan rings is 1. The maximum absolute atomic E-state index is 13.1. The van der Waals surface area contributed by atoms with Crippen LogP contribution in [-0.2, 0) is 25.9 Å². The Kier molecular flexibility index (Phi) is 7.01. The number of nitrogens with one attached hydrogen (secondary N) is 1. The number of fused-ring (bicyclic) bond motifs is 1. The normalized spacial score (nSPS) is 16.3. The first-order chi connectivity index (χ1) is 13.1. The van der Waals surface area contributed by atoms with Crippen molar-refractivity contribution in [2.75, 3.05) is 25.6 Å². The second-order valence-electron chi connectivity index (χ2n) is 7.07. The fourth-order valence-electron chi connectivity index (χ4n) is 3.71. The van der Waals surface area contributed by atoms with Gasteiger partial charge in [-0.3, -0.25) is 9.48 Å². The molecule has 2 aromatic heterocycles. The quantitative estimate of drug-likeness (QED) is 0.667. The molecular formula is C20H30N4O2S. The maximum atomic E-state index is 13.1. The van der Waals surface area contributed by atoms with Crippen LogP contribution < -0.4 is 5.32 Å². The van der Waals surface area contributed by atoms with E-state index in [1.54, 1.807) is 11.2 Å². The van der Waals surface area contributed by atoms with Gasteiger partial charge in [-0.05, 0) is 63.3 Å². The lowest BCUT2D eigenvalue weighted by Crippen LogP contribution is -2.36. The third-order valence-electron chi connectivity index (χ3n) is 5.13. The van der Waals surface area contributed by atoms with Crippen LogP contribution in [0.2, 0.25) is 0 Å². The van der Waals surface area contributed by atoms with Gasteiger partial charge in [0.2, 0.25) is 0 Å². The molecule has 0 spiro atoms. The zero-order valence-corrected chi connectivity index (χ0v) is 17.3. The third kappa shape index (κ3) is 4.76. The Morgan fingerprint density at radius 3 is 3.07 bits per heavy atom. The van der Waals surface area contributed by atoms with Crippen LogP contribution in [0.1, 0.15) is 47.3 Å². The van der Waals surface area contributed by atoms with Crippen LogP contribution in [0.15, 0.2) is 22.8 Å². The summed E-state index contributed by atoms with van der Waals surface area (Å²) >= 11 is 1.88. The van der Waals surface area contributed by atoms with E-state index in [-0.39, 0.29) is 5.91 Å². The number of thioether (sulfide) groups is 1. The minimum Gasteiger partial charge on any atom is -0.467 e. The number of carbonyl (C=O) groups is 1. The number of rotatable bonds is 9. The second-order valence-corrected chi connectivity index (χ2v) is 8.06. The molecule has 0 aromatic carbocycles. The highest BCUT2D eigenvalue weighted by Crippen LogP contribution is 2.26. The largest absolute Gasteiger partial charge is 0.467 e. The second kappa shape index (κ2) is 9.46. The van der Waals surface area contributed by atoms with Gasteiger partial charge in [-0.15, -0.1) is 0 Å². The summed E-state index contributed by atoms with van der Waals surface area (Å²) in [5.74, 6) is 1.93. The van der Waals surface area contributed by atoms with Crippen LogP contribution in [0, 0.1) is 0 Å². The average Bonchev–Trinajstić information content (AvgIpc) is 3.31. The number of carbonyl (C=O) groups excluding carboxylic acids is 1. The SMILES string of the molecule is CCn1nc(C(=O)N(C)Cc2ccco2)c2c1CCC(NCCCSC)C2. The van der Waals surface area contributed by atoms with E-state index >= 15 is 0 Å². The van der Waals surface area contributed by atoms with Gasteiger partial charge in [0.1, 0.15) is 5.76 Å². The highest BCUT2D eigenvalue weighted by molar-refractivity contribution is 7.98. The minimum absolute atomic E-state index is 0.0297. The summed E-state index contributed by atoms with van der Waals surface area (Å²) in [5, 5.41) is 8.33. The molecule has 1 aliphatic carbocycles. The zero-order chi connectivity index (χ0) is 19.2. The van der Waals surface area contributed by atoms with E-state index in [1.807, 2.05) is 35.6 Å². The molecule has 2 aromatic rings. The van der Waals surface area contributed by atoms with Crippen molar-refractivity contribution in [3.63, 3.8) is 0 Å². The number of hydrogen-bond donors (Lipinski definition) is 1. The first-order valence-electron chi connectivity index (χ1n) is 9.72. The van der Waals surface area contributed by atoms with Crippen LogP contribution in [0.4, 0.5) is 0 Å². The van der Waals surface area contributed by atoms with Crippen molar-refractivity contribution in [1.29, 1.82) is 0 Å². The van der Waals surface area contributed by atoms with Crippen LogP contribution >= 0.6 is 11.8 Å². The van der Waals surface area contributed by atoms with E-state index in [0.29, 0.717) is 18.3 Å². The minimum atomic E-state index is -0.0297. The molecule has 0 bridgehead atoms. The van der Waals surface area contributed by atoms with Crippen LogP contribution in [0.5, 0.6) is 0 Å². The smallest absolute Gasteiger partial charge is 0.274 e. The molecule has 0 saturated carbocycles. The van der Waals surface area contributed by atoms with Crippen molar-refractivity contribution in [3.8, 4) is 0 Å². The molecule has 7 heteroatoms. The summed E-state index contributed by atoms with van der Waals surface area (Å²) in [6, 6.07) is 4.16. The van der Waals surface area contributed by atoms with Crippen molar-refractivity contribution in [1.82, 2.24) is 20.0 Å². The summed E-state index contributed by atoms with van der Waals surface area (Å²) in [4.78, 5) is 14.8. The number of aromatic nitrogens is 2. The Morgan fingerprint density at radius 2 is 2.37 bits per heavy atom. The lowest BCUT2D eigenvalue weighted by Gasteiger charge is -2.25. The van der Waals surface area contributed by atoms with Crippen molar-refractivity contribution in [2.45, 2.75) is 51.7 Å². The summed E-state index contributed by atoms with van der Waals surface area (Å²) < 4.78 is 7.39. The molecular weight excluding hydrogens is 360 g/mol. The lowest BCUT2D eigenvalue weighted by atomic mass is 9.91. The van der Waals surface area contributed by atoms with Gasteiger partial charge in [0.25, 0.3) is 5.91 Å². The Bertz CT molecular complexity index is 742. The number of nitrogens with zero attached hydrogens (tertiary/aromatic N) is 3. The molecule has 0 radical (unpaired) electrons. The highest BCUT2D eigenvalue weighted by Gasteiger charge is 2.30. The molecule has 148 valence electrons. The topological polar surface area (TPSA) is 63.3 Å². The number of amides is 1. The Labute approximate surface area is 165 Å². The molecule has 0 fully saturated rings. The predicted molar refractivity (Wildman–Crippen MR) is 109 cm³/mol. The molecule has 6 nitrogen and oxygen atoms in total. The van der Waals surface area contributed by atoms with Crippen LogP contribution in [-0.4, -0.2) is 52.2 Å². The van der Waals surface area contributed by atoms with E-state index in [4.69, 9.17) is 4.42 Å². The van der Waals surface area contributed by atoms with Gasteiger partial charge in [0, 0.05) is 30.9 Å². The fraction of sp³-hybridized carbons (Fsp3) is 0.600. The molecule has 0 saturated heterocycles. The molecule has 1 unspecified atom stereocenters. The zero-order valence-electron chi connectivity index (χ0n) is 16.5. The van der Waals surface area contributed by atoms with Gasteiger partial charge >= 0.3 is 0 Å². The molecule has 27 heavy (non-hydrogen) atoms. The van der Waals surface area contributed by atoms with Gasteiger partial charge in [-0.2, -0.15) is 16.9 Å². The fourth-order valence-corrected chi connectivity index (χ4v) is 4.14. The summed E-state index contributed by atoms with van der Waals surface area (Å²) in [5.41, 5.74) is 2.97. The first kappa shape index (κ1) is 20.0. The molecule has 1 aliphatic rings. The van der Waals surface area contributed by atoms with Gasteiger partial charge in [-0.1, -0.05) is 0 Å². The van der Waals surface area contributed by atoms with E-state index < -0.39 is 0 Å². The molecule has 2 heterocycles. The van der Waals surface area contributed by atoms with Crippen LogP contribution in [0.25, 0.3) is 0 Å². The van der Waals surface area contributed by atoms with E-state index in [9.17, 15) is 4.79 Å². The molecule has 1 N–H and O–H groups in total. The summed E-state index contributed by atoms with van der Waals surface area (Å²) in [6.07, 6.45) is 7.91. The Morgan fingerprint density at radius 1 is 1.52 bits per heavy atom. The molecule has 0 aliphatic heterocycles. The summed E-state index contributed by atoms with van der Waals surface area (Å²) in [7, 11) is 1.81. The van der Waals surface area contributed by atoms with E-state index in [1.165, 1.54) is 17.9 Å². The van der Waals surface area contributed by atoms with Gasteiger partial charge < -0.3 is 14.6 Å².